The quantitative estimate of drug-likeness (QED) is 0.843. The topological polar surface area (TPSA) is 33.4 Å². The van der Waals surface area contributed by atoms with E-state index < -0.39 is 6.10 Å². The minimum absolute atomic E-state index is 0.315. The van der Waals surface area contributed by atoms with Crippen LogP contribution in [0.4, 0.5) is 0 Å². The summed E-state index contributed by atoms with van der Waals surface area (Å²) >= 11 is 6.10. The fourth-order valence-corrected chi connectivity index (χ4v) is 3.25. The molecular weight excluding hydrogens is 260 g/mol. The van der Waals surface area contributed by atoms with E-state index in [1.165, 1.54) is 12.8 Å². The molecule has 0 bridgehead atoms. The first-order valence-corrected chi connectivity index (χ1v) is 7.39. The van der Waals surface area contributed by atoms with Gasteiger partial charge in [0.25, 0.3) is 0 Å². The van der Waals surface area contributed by atoms with Gasteiger partial charge in [-0.05, 0) is 36.8 Å². The Kier molecular flexibility index (Phi) is 3.55. The number of benzene rings is 1. The predicted molar refractivity (Wildman–Crippen MR) is 77.3 cm³/mol. The lowest BCUT2D eigenvalue weighted by Crippen LogP contribution is -2.18. The van der Waals surface area contributed by atoms with E-state index in [9.17, 15) is 5.11 Å². The van der Waals surface area contributed by atoms with Gasteiger partial charge in [-0.3, -0.25) is 0 Å². The average molecular weight is 279 g/mol. The van der Waals surface area contributed by atoms with Crippen LogP contribution in [0.5, 0.6) is 0 Å². The summed E-state index contributed by atoms with van der Waals surface area (Å²) in [6, 6.07) is 7.60. The number of fused-ring (bicyclic) bond motifs is 1. The van der Waals surface area contributed by atoms with Gasteiger partial charge in [0.1, 0.15) is 11.9 Å². The van der Waals surface area contributed by atoms with Crippen molar-refractivity contribution in [2.75, 3.05) is 0 Å². The van der Waals surface area contributed by atoms with E-state index in [0.29, 0.717) is 22.3 Å². The second kappa shape index (κ2) is 5.18. The number of aliphatic hydroxyl groups is 1. The second-order valence-electron chi connectivity index (χ2n) is 5.77. The molecule has 1 aliphatic rings. The summed E-state index contributed by atoms with van der Waals surface area (Å²) in [6.45, 7) is 2.28. The summed E-state index contributed by atoms with van der Waals surface area (Å²) in [5.74, 6) is 1.76. The van der Waals surface area contributed by atoms with Crippen molar-refractivity contribution in [3.63, 3.8) is 0 Å². The smallest absolute Gasteiger partial charge is 0.152 e. The van der Waals surface area contributed by atoms with Crippen molar-refractivity contribution in [3.05, 3.63) is 35.0 Å². The number of hydrogen-bond donors (Lipinski definition) is 1. The lowest BCUT2D eigenvalue weighted by Gasteiger charge is -2.28. The molecule has 0 spiro atoms. The third kappa shape index (κ3) is 2.52. The first-order valence-electron chi connectivity index (χ1n) is 7.01. The van der Waals surface area contributed by atoms with Gasteiger partial charge in [0.05, 0.1) is 5.02 Å². The second-order valence-corrected chi connectivity index (χ2v) is 6.18. The molecule has 1 unspecified atom stereocenters. The van der Waals surface area contributed by atoms with Crippen LogP contribution >= 0.6 is 11.6 Å². The Morgan fingerprint density at radius 1 is 1.26 bits per heavy atom. The van der Waals surface area contributed by atoms with E-state index in [2.05, 4.69) is 6.92 Å². The Balaban J connectivity index is 1.85. The molecule has 1 N–H and O–H groups in total. The maximum absolute atomic E-state index is 10.5. The summed E-state index contributed by atoms with van der Waals surface area (Å²) < 4.78 is 5.76. The van der Waals surface area contributed by atoms with Crippen LogP contribution in [0.3, 0.4) is 0 Å². The first kappa shape index (κ1) is 13.0. The first-order chi connectivity index (χ1) is 9.15. The van der Waals surface area contributed by atoms with Gasteiger partial charge in [0, 0.05) is 5.39 Å². The molecule has 0 radical (unpaired) electrons. The van der Waals surface area contributed by atoms with Crippen LogP contribution in [-0.2, 0) is 0 Å². The molecule has 0 saturated heterocycles. The minimum Gasteiger partial charge on any atom is -0.457 e. The molecule has 2 nitrogen and oxygen atoms in total. The van der Waals surface area contributed by atoms with E-state index in [-0.39, 0.29) is 0 Å². The predicted octanol–water partition coefficient (Wildman–Crippen LogP) is 4.95. The van der Waals surface area contributed by atoms with Crippen LogP contribution in [0, 0.1) is 11.8 Å². The van der Waals surface area contributed by atoms with Crippen LogP contribution in [0.15, 0.2) is 28.7 Å². The van der Waals surface area contributed by atoms with Crippen LogP contribution < -0.4 is 0 Å². The highest BCUT2D eigenvalue weighted by atomic mass is 35.5. The van der Waals surface area contributed by atoms with E-state index >= 15 is 0 Å². The van der Waals surface area contributed by atoms with Gasteiger partial charge in [-0.1, -0.05) is 43.5 Å². The lowest BCUT2D eigenvalue weighted by molar-refractivity contribution is 0.0588. The van der Waals surface area contributed by atoms with Crippen molar-refractivity contribution in [2.24, 2.45) is 11.8 Å². The van der Waals surface area contributed by atoms with Crippen molar-refractivity contribution in [1.29, 1.82) is 0 Å². The zero-order valence-corrected chi connectivity index (χ0v) is 11.9. The largest absolute Gasteiger partial charge is 0.457 e. The number of para-hydroxylation sites is 1. The number of rotatable bonds is 2. The van der Waals surface area contributed by atoms with Crippen LogP contribution in [0.25, 0.3) is 11.0 Å². The van der Waals surface area contributed by atoms with Gasteiger partial charge < -0.3 is 9.52 Å². The Morgan fingerprint density at radius 3 is 2.68 bits per heavy atom. The molecule has 2 aromatic rings. The molecule has 0 amide bonds. The fourth-order valence-electron chi connectivity index (χ4n) is 3.03. The maximum atomic E-state index is 10.5. The molecular formula is C16H19ClO2. The summed E-state index contributed by atoms with van der Waals surface area (Å²) in [5.41, 5.74) is 0.683. The SMILES string of the molecule is CC1CCC(C(O)c2cc3cccc(Cl)c3o2)CC1. The number of hydrogen-bond acceptors (Lipinski definition) is 2. The van der Waals surface area contributed by atoms with Crippen LogP contribution in [0.1, 0.15) is 44.5 Å². The van der Waals surface area contributed by atoms with E-state index in [0.717, 1.165) is 24.1 Å². The van der Waals surface area contributed by atoms with E-state index in [1.54, 1.807) is 0 Å². The summed E-state index contributed by atoms with van der Waals surface area (Å²) in [4.78, 5) is 0. The maximum Gasteiger partial charge on any atom is 0.152 e. The number of furan rings is 1. The van der Waals surface area contributed by atoms with Gasteiger partial charge in [-0.15, -0.1) is 0 Å². The highest BCUT2D eigenvalue weighted by molar-refractivity contribution is 6.34. The highest BCUT2D eigenvalue weighted by Gasteiger charge is 2.28. The van der Waals surface area contributed by atoms with Crippen molar-refractivity contribution >= 4 is 22.6 Å². The van der Waals surface area contributed by atoms with E-state index in [1.807, 2.05) is 24.3 Å². The van der Waals surface area contributed by atoms with Crippen molar-refractivity contribution in [1.82, 2.24) is 0 Å². The zero-order chi connectivity index (χ0) is 13.4. The molecule has 1 aromatic carbocycles. The Labute approximate surface area is 118 Å². The van der Waals surface area contributed by atoms with Gasteiger partial charge in [0.2, 0.25) is 0 Å². The Morgan fingerprint density at radius 2 is 2.00 bits per heavy atom. The molecule has 1 aromatic heterocycles. The molecule has 3 rings (SSSR count). The van der Waals surface area contributed by atoms with Crippen molar-refractivity contribution in [3.8, 4) is 0 Å². The van der Waals surface area contributed by atoms with Gasteiger partial charge in [0.15, 0.2) is 5.58 Å². The lowest BCUT2D eigenvalue weighted by atomic mass is 9.79. The minimum atomic E-state index is -0.504. The summed E-state index contributed by atoms with van der Waals surface area (Å²) in [5, 5.41) is 12.1. The molecule has 1 saturated carbocycles. The van der Waals surface area contributed by atoms with Gasteiger partial charge in [-0.2, -0.15) is 0 Å². The normalized spacial score (nSPS) is 25.6. The highest BCUT2D eigenvalue weighted by Crippen LogP contribution is 2.39. The molecule has 1 atom stereocenters. The van der Waals surface area contributed by atoms with Gasteiger partial charge >= 0.3 is 0 Å². The van der Waals surface area contributed by atoms with Gasteiger partial charge in [-0.25, -0.2) is 0 Å². The number of aliphatic hydroxyl groups excluding tert-OH is 1. The summed E-state index contributed by atoms with van der Waals surface area (Å²) in [6.07, 6.45) is 4.04. The molecule has 19 heavy (non-hydrogen) atoms. The fraction of sp³-hybridized carbons (Fsp3) is 0.500. The Hall–Kier alpha value is -0.990. The average Bonchev–Trinajstić information content (AvgIpc) is 2.84. The number of halogens is 1. The van der Waals surface area contributed by atoms with Crippen LogP contribution in [0.2, 0.25) is 5.02 Å². The van der Waals surface area contributed by atoms with Crippen molar-refractivity contribution < 1.29 is 9.52 Å². The molecule has 1 heterocycles. The van der Waals surface area contributed by atoms with Crippen molar-refractivity contribution in [2.45, 2.75) is 38.7 Å². The Bertz CT molecular complexity index is 567. The monoisotopic (exact) mass is 278 g/mol. The molecule has 102 valence electrons. The zero-order valence-electron chi connectivity index (χ0n) is 11.1. The third-order valence-electron chi connectivity index (χ3n) is 4.31. The molecule has 1 aliphatic carbocycles. The van der Waals surface area contributed by atoms with E-state index in [4.69, 9.17) is 16.0 Å². The summed E-state index contributed by atoms with van der Waals surface area (Å²) in [7, 11) is 0. The molecule has 0 aliphatic heterocycles. The standard InChI is InChI=1S/C16H19ClO2/c1-10-5-7-11(8-6-10)15(18)14-9-12-3-2-4-13(17)16(12)19-14/h2-4,9-11,15,18H,5-8H2,1H3. The van der Waals surface area contributed by atoms with Crippen LogP contribution in [-0.4, -0.2) is 5.11 Å². The third-order valence-corrected chi connectivity index (χ3v) is 4.61. The molecule has 1 fully saturated rings. The molecule has 3 heteroatoms.